The number of hydrogen-bond acceptors (Lipinski definition) is 3. The Morgan fingerprint density at radius 1 is 1.08 bits per heavy atom. The third-order valence-corrected chi connectivity index (χ3v) is 5.52. The van der Waals surface area contributed by atoms with Gasteiger partial charge in [0.05, 0.1) is 6.54 Å². The molecule has 1 amide bonds. The molecule has 0 unspecified atom stereocenters. The molecule has 1 aromatic carbocycles. The molecule has 0 radical (unpaired) electrons. The molecule has 5 nitrogen and oxygen atoms in total. The molecule has 2 fully saturated rings. The van der Waals surface area contributed by atoms with Crippen molar-refractivity contribution in [2.45, 2.75) is 32.4 Å². The van der Waals surface area contributed by atoms with E-state index in [0.717, 1.165) is 52.0 Å². The molecule has 2 aliphatic rings. The van der Waals surface area contributed by atoms with Gasteiger partial charge in [-0.15, -0.1) is 0 Å². The summed E-state index contributed by atoms with van der Waals surface area (Å²) in [6.45, 7) is 4.82. The summed E-state index contributed by atoms with van der Waals surface area (Å²) in [5.74, 6) is 0.230. The number of likely N-dealkylation sites (tertiary alicyclic amines) is 1. The number of nitrogens with one attached hydrogen (secondary N) is 1. The number of aromatic nitrogens is 2. The van der Waals surface area contributed by atoms with Crippen LogP contribution in [0.15, 0.2) is 42.7 Å². The molecule has 2 aromatic rings. The Kier molecular flexibility index (Phi) is 4.10. The van der Waals surface area contributed by atoms with E-state index in [4.69, 9.17) is 0 Å². The maximum absolute atomic E-state index is 11.6. The van der Waals surface area contributed by atoms with Gasteiger partial charge in [-0.2, -0.15) is 5.10 Å². The Labute approximate surface area is 142 Å². The molecular weight excluding hydrogens is 300 g/mol. The van der Waals surface area contributed by atoms with Gasteiger partial charge in [0, 0.05) is 31.9 Å². The number of nitrogens with zero attached hydrogens (tertiary/aromatic N) is 3. The summed E-state index contributed by atoms with van der Waals surface area (Å²) < 4.78 is 1.97. The van der Waals surface area contributed by atoms with Crippen LogP contribution in [0.25, 0.3) is 0 Å². The van der Waals surface area contributed by atoms with Crippen LogP contribution in [-0.4, -0.2) is 40.2 Å². The number of rotatable bonds is 4. The van der Waals surface area contributed by atoms with E-state index in [0.29, 0.717) is 0 Å². The summed E-state index contributed by atoms with van der Waals surface area (Å²) in [4.78, 5) is 14.1. The van der Waals surface area contributed by atoms with Crippen molar-refractivity contribution >= 4 is 5.91 Å². The second-order valence-corrected chi connectivity index (χ2v) is 7.20. The van der Waals surface area contributed by atoms with Crippen molar-refractivity contribution in [3.63, 3.8) is 0 Å². The summed E-state index contributed by atoms with van der Waals surface area (Å²) in [6, 6.07) is 10.6. The molecule has 0 saturated carbocycles. The van der Waals surface area contributed by atoms with Crippen molar-refractivity contribution in [2.24, 2.45) is 5.41 Å². The minimum absolute atomic E-state index is 0.224. The first-order valence-corrected chi connectivity index (χ1v) is 8.76. The van der Waals surface area contributed by atoms with E-state index in [1.54, 1.807) is 0 Å². The topological polar surface area (TPSA) is 50.2 Å². The van der Waals surface area contributed by atoms with Crippen molar-refractivity contribution in [1.82, 2.24) is 20.0 Å². The van der Waals surface area contributed by atoms with Crippen LogP contribution in [0, 0.1) is 5.41 Å². The molecule has 3 heterocycles. The number of amides is 1. The standard InChI is InChI=1S/C19H24N4O/c24-18-12-19(15-20-18)6-10-22(11-7-19)13-16-4-1-2-5-17(16)14-23-9-3-8-21-23/h1-5,8-9H,6-7,10-15H2,(H,20,24). The second-order valence-electron chi connectivity index (χ2n) is 7.20. The number of hydrogen-bond donors (Lipinski definition) is 1. The first-order chi connectivity index (χ1) is 11.7. The number of carbonyl (C=O) groups excluding carboxylic acids is 1. The monoisotopic (exact) mass is 324 g/mol. The van der Waals surface area contributed by atoms with Gasteiger partial charge in [-0.05, 0) is 48.5 Å². The fourth-order valence-electron chi connectivity index (χ4n) is 3.97. The molecule has 4 rings (SSSR count). The molecule has 126 valence electrons. The van der Waals surface area contributed by atoms with E-state index in [1.165, 1.54) is 11.1 Å². The van der Waals surface area contributed by atoms with Crippen LogP contribution >= 0.6 is 0 Å². The normalized spacial score (nSPS) is 20.4. The fraction of sp³-hybridized carbons (Fsp3) is 0.474. The van der Waals surface area contributed by atoms with E-state index in [1.807, 2.05) is 23.1 Å². The molecule has 0 bridgehead atoms. The molecule has 0 atom stereocenters. The lowest BCUT2D eigenvalue weighted by Crippen LogP contribution is -2.40. The van der Waals surface area contributed by atoms with Gasteiger partial charge in [0.1, 0.15) is 0 Å². The van der Waals surface area contributed by atoms with Crippen molar-refractivity contribution < 1.29 is 4.79 Å². The van der Waals surface area contributed by atoms with E-state index in [2.05, 4.69) is 39.6 Å². The lowest BCUT2D eigenvalue weighted by molar-refractivity contribution is -0.119. The van der Waals surface area contributed by atoms with Crippen LogP contribution in [0.3, 0.4) is 0 Å². The molecule has 1 spiro atoms. The van der Waals surface area contributed by atoms with Gasteiger partial charge < -0.3 is 5.32 Å². The first kappa shape index (κ1) is 15.4. The van der Waals surface area contributed by atoms with Gasteiger partial charge in [0.25, 0.3) is 0 Å². The highest BCUT2D eigenvalue weighted by Gasteiger charge is 2.40. The molecule has 24 heavy (non-hydrogen) atoms. The third kappa shape index (κ3) is 3.22. The van der Waals surface area contributed by atoms with Crippen LogP contribution in [0.2, 0.25) is 0 Å². The largest absolute Gasteiger partial charge is 0.356 e. The van der Waals surface area contributed by atoms with Gasteiger partial charge in [-0.3, -0.25) is 14.4 Å². The van der Waals surface area contributed by atoms with E-state index in [9.17, 15) is 4.79 Å². The quantitative estimate of drug-likeness (QED) is 0.936. The summed E-state index contributed by atoms with van der Waals surface area (Å²) >= 11 is 0. The minimum atomic E-state index is 0.224. The molecule has 2 saturated heterocycles. The van der Waals surface area contributed by atoms with Crippen molar-refractivity contribution in [3.8, 4) is 0 Å². The van der Waals surface area contributed by atoms with Crippen LogP contribution in [-0.2, 0) is 17.9 Å². The highest BCUT2D eigenvalue weighted by molar-refractivity contribution is 5.79. The summed E-state index contributed by atoms with van der Waals surface area (Å²) in [5, 5.41) is 7.33. The Morgan fingerprint density at radius 2 is 1.83 bits per heavy atom. The van der Waals surface area contributed by atoms with Crippen LogP contribution in [0.5, 0.6) is 0 Å². The van der Waals surface area contributed by atoms with E-state index in [-0.39, 0.29) is 11.3 Å². The SMILES string of the molecule is O=C1CC2(CCN(Cc3ccccc3Cn3cccn3)CC2)CN1. The van der Waals surface area contributed by atoms with Gasteiger partial charge in [-0.25, -0.2) is 0 Å². The number of piperidine rings is 1. The van der Waals surface area contributed by atoms with E-state index >= 15 is 0 Å². The molecule has 0 aliphatic carbocycles. The minimum Gasteiger partial charge on any atom is -0.356 e. The van der Waals surface area contributed by atoms with Gasteiger partial charge in [-0.1, -0.05) is 24.3 Å². The zero-order chi connectivity index (χ0) is 16.4. The molecule has 2 aliphatic heterocycles. The summed E-state index contributed by atoms with van der Waals surface area (Å²) in [5.41, 5.74) is 2.94. The van der Waals surface area contributed by atoms with Gasteiger partial charge in [0.15, 0.2) is 0 Å². The molecule has 5 heteroatoms. The Hall–Kier alpha value is -2.14. The van der Waals surface area contributed by atoms with Crippen LogP contribution in [0.4, 0.5) is 0 Å². The number of benzene rings is 1. The highest BCUT2D eigenvalue weighted by atomic mass is 16.1. The van der Waals surface area contributed by atoms with Gasteiger partial charge >= 0.3 is 0 Å². The lowest BCUT2D eigenvalue weighted by atomic mass is 9.77. The van der Waals surface area contributed by atoms with Crippen molar-refractivity contribution in [1.29, 1.82) is 0 Å². The highest BCUT2D eigenvalue weighted by Crippen LogP contribution is 2.37. The summed E-state index contributed by atoms with van der Waals surface area (Å²) in [7, 11) is 0. The Morgan fingerprint density at radius 3 is 2.46 bits per heavy atom. The van der Waals surface area contributed by atoms with Crippen molar-refractivity contribution in [3.05, 3.63) is 53.9 Å². The lowest BCUT2D eigenvalue weighted by Gasteiger charge is -2.38. The Balaban J connectivity index is 1.40. The molecule has 1 N–H and O–H groups in total. The van der Waals surface area contributed by atoms with Crippen LogP contribution < -0.4 is 5.32 Å². The fourth-order valence-corrected chi connectivity index (χ4v) is 3.97. The smallest absolute Gasteiger partial charge is 0.220 e. The average molecular weight is 324 g/mol. The van der Waals surface area contributed by atoms with Crippen LogP contribution in [0.1, 0.15) is 30.4 Å². The third-order valence-electron chi connectivity index (χ3n) is 5.52. The zero-order valence-corrected chi connectivity index (χ0v) is 13.9. The maximum atomic E-state index is 11.6. The second kappa shape index (κ2) is 6.40. The molecular formula is C19H24N4O. The summed E-state index contributed by atoms with van der Waals surface area (Å²) in [6.07, 6.45) is 6.78. The molecule has 1 aromatic heterocycles. The predicted octanol–water partition coefficient (Wildman–Crippen LogP) is 2.03. The predicted molar refractivity (Wildman–Crippen MR) is 92.3 cm³/mol. The maximum Gasteiger partial charge on any atom is 0.220 e. The Bertz CT molecular complexity index is 702. The number of carbonyl (C=O) groups is 1. The van der Waals surface area contributed by atoms with E-state index < -0.39 is 0 Å². The van der Waals surface area contributed by atoms with Gasteiger partial charge in [0.2, 0.25) is 5.91 Å². The van der Waals surface area contributed by atoms with Crippen molar-refractivity contribution in [2.75, 3.05) is 19.6 Å². The first-order valence-electron chi connectivity index (χ1n) is 8.76. The average Bonchev–Trinajstić information content (AvgIpc) is 3.22. The zero-order valence-electron chi connectivity index (χ0n) is 13.9.